The van der Waals surface area contributed by atoms with Gasteiger partial charge in [0.2, 0.25) is 0 Å². The Bertz CT molecular complexity index is 920. The van der Waals surface area contributed by atoms with Crippen LogP contribution in [0.4, 0.5) is 0 Å². The molecular formula is C22H22O7. The third-order valence-corrected chi connectivity index (χ3v) is 4.19. The number of rotatable bonds is 6. The Kier molecular flexibility index (Phi) is 5.77. The summed E-state index contributed by atoms with van der Waals surface area (Å²) >= 11 is 0. The molecule has 7 nitrogen and oxygen atoms in total. The number of hydrogen-bond acceptors (Lipinski definition) is 7. The molecule has 0 radical (unpaired) electrons. The van der Waals surface area contributed by atoms with Gasteiger partial charge in [0.05, 0.1) is 14.2 Å². The second-order valence-corrected chi connectivity index (χ2v) is 6.77. The van der Waals surface area contributed by atoms with Crippen LogP contribution in [-0.2, 0) is 25.7 Å². The van der Waals surface area contributed by atoms with Gasteiger partial charge in [0.1, 0.15) is 29.4 Å². The van der Waals surface area contributed by atoms with Crippen LogP contribution in [0.3, 0.4) is 0 Å². The molecule has 0 aromatic heterocycles. The van der Waals surface area contributed by atoms with Crippen molar-refractivity contribution in [1.82, 2.24) is 0 Å². The average Bonchev–Trinajstić information content (AvgIpc) is 2.69. The minimum absolute atomic E-state index is 0.170. The lowest BCUT2D eigenvalue weighted by molar-refractivity contribution is -0.222. The molecule has 1 aliphatic rings. The van der Waals surface area contributed by atoms with E-state index in [1.807, 2.05) is 0 Å². The maximum Gasteiger partial charge on any atom is 0.348 e. The summed E-state index contributed by atoms with van der Waals surface area (Å²) in [6, 6.07) is 12.4. The maximum absolute atomic E-state index is 12.1. The quantitative estimate of drug-likeness (QED) is 0.418. The van der Waals surface area contributed by atoms with Crippen molar-refractivity contribution in [3.05, 3.63) is 59.2 Å². The van der Waals surface area contributed by atoms with Gasteiger partial charge in [-0.3, -0.25) is 0 Å². The lowest BCUT2D eigenvalue weighted by Crippen LogP contribution is -2.41. The zero-order valence-corrected chi connectivity index (χ0v) is 16.7. The topological polar surface area (TPSA) is 80.3 Å². The summed E-state index contributed by atoms with van der Waals surface area (Å²) in [7, 11) is 3.15. The molecule has 1 heterocycles. The van der Waals surface area contributed by atoms with Crippen molar-refractivity contribution in [2.75, 3.05) is 14.2 Å². The predicted octanol–water partition coefficient (Wildman–Crippen LogP) is 3.50. The summed E-state index contributed by atoms with van der Waals surface area (Å²) in [5, 5.41) is 0. The highest BCUT2D eigenvalue weighted by atomic mass is 16.7. The predicted molar refractivity (Wildman–Crippen MR) is 105 cm³/mol. The van der Waals surface area contributed by atoms with Crippen molar-refractivity contribution in [1.29, 1.82) is 0 Å². The molecule has 0 bridgehead atoms. The van der Waals surface area contributed by atoms with E-state index in [2.05, 4.69) is 0 Å². The summed E-state index contributed by atoms with van der Waals surface area (Å²) < 4.78 is 26.6. The summed E-state index contributed by atoms with van der Waals surface area (Å²) in [4.78, 5) is 24.3. The highest BCUT2D eigenvalue weighted by molar-refractivity contribution is 6.18. The minimum atomic E-state index is -1.28. The van der Waals surface area contributed by atoms with Gasteiger partial charge in [-0.05, 0) is 48.0 Å². The fourth-order valence-corrected chi connectivity index (χ4v) is 2.78. The summed E-state index contributed by atoms with van der Waals surface area (Å²) in [6.45, 7) is 3.23. The van der Waals surface area contributed by atoms with Crippen LogP contribution in [0, 0.1) is 0 Å². The van der Waals surface area contributed by atoms with Gasteiger partial charge in [-0.1, -0.05) is 6.07 Å². The number of carbonyl (C=O) groups excluding carboxylic acids is 2. The van der Waals surface area contributed by atoms with E-state index < -0.39 is 17.7 Å². The largest absolute Gasteiger partial charge is 0.497 e. The lowest BCUT2D eigenvalue weighted by atomic mass is 10.1. The van der Waals surface area contributed by atoms with Crippen molar-refractivity contribution in [2.24, 2.45) is 0 Å². The number of carbonyl (C=O) groups is 2. The van der Waals surface area contributed by atoms with Crippen molar-refractivity contribution in [2.45, 2.75) is 26.2 Å². The van der Waals surface area contributed by atoms with Crippen molar-refractivity contribution in [3.8, 4) is 17.2 Å². The summed E-state index contributed by atoms with van der Waals surface area (Å²) in [6.07, 6.45) is 1.43. The smallest absolute Gasteiger partial charge is 0.348 e. The molecular weight excluding hydrogens is 376 g/mol. The monoisotopic (exact) mass is 398 g/mol. The molecule has 3 rings (SSSR count). The van der Waals surface area contributed by atoms with Crippen LogP contribution >= 0.6 is 0 Å². The van der Waals surface area contributed by atoms with Gasteiger partial charge in [-0.15, -0.1) is 0 Å². The average molecular weight is 398 g/mol. The van der Waals surface area contributed by atoms with Gasteiger partial charge >= 0.3 is 11.9 Å². The Hall–Kier alpha value is -3.48. The molecule has 7 heteroatoms. The van der Waals surface area contributed by atoms with E-state index >= 15 is 0 Å². The zero-order valence-electron chi connectivity index (χ0n) is 16.7. The molecule has 0 spiro atoms. The van der Waals surface area contributed by atoms with Gasteiger partial charge in [0.25, 0.3) is 5.79 Å². The third-order valence-electron chi connectivity index (χ3n) is 4.19. The molecule has 1 fully saturated rings. The second-order valence-electron chi connectivity index (χ2n) is 6.77. The fraction of sp³-hybridized carbons (Fsp3) is 0.273. The van der Waals surface area contributed by atoms with Crippen LogP contribution in [0.2, 0.25) is 0 Å². The zero-order chi connectivity index (χ0) is 21.0. The van der Waals surface area contributed by atoms with Crippen LogP contribution in [0.25, 0.3) is 6.08 Å². The highest BCUT2D eigenvalue weighted by Crippen LogP contribution is 2.27. The molecule has 0 amide bonds. The molecule has 0 N–H and O–H groups in total. The number of hydrogen-bond donors (Lipinski definition) is 0. The van der Waals surface area contributed by atoms with E-state index in [1.54, 1.807) is 56.7 Å². The number of benzene rings is 2. The molecule has 152 valence electrons. The van der Waals surface area contributed by atoms with Crippen molar-refractivity contribution in [3.63, 3.8) is 0 Å². The van der Waals surface area contributed by atoms with E-state index in [9.17, 15) is 9.59 Å². The molecule has 0 saturated carbocycles. The molecule has 2 aromatic rings. The molecule has 0 unspecified atom stereocenters. The minimum Gasteiger partial charge on any atom is -0.497 e. The van der Waals surface area contributed by atoms with Crippen LogP contribution in [0.5, 0.6) is 17.2 Å². The van der Waals surface area contributed by atoms with Crippen molar-refractivity contribution >= 4 is 18.0 Å². The Morgan fingerprint density at radius 3 is 2.10 bits per heavy atom. The van der Waals surface area contributed by atoms with Gasteiger partial charge in [0, 0.05) is 19.4 Å². The molecule has 1 aliphatic heterocycles. The number of esters is 2. The first-order valence-corrected chi connectivity index (χ1v) is 8.93. The first-order valence-electron chi connectivity index (χ1n) is 8.93. The van der Waals surface area contributed by atoms with E-state index in [0.717, 1.165) is 11.3 Å². The Morgan fingerprint density at radius 2 is 1.52 bits per heavy atom. The van der Waals surface area contributed by atoms with Gasteiger partial charge < -0.3 is 23.7 Å². The summed E-state index contributed by atoms with van der Waals surface area (Å²) in [5.74, 6) is -0.703. The van der Waals surface area contributed by atoms with Crippen molar-refractivity contribution < 1.29 is 33.3 Å². The number of cyclic esters (lactones) is 2. The molecule has 0 atom stereocenters. The molecule has 0 aliphatic carbocycles. The van der Waals surface area contributed by atoms with E-state index in [0.29, 0.717) is 17.1 Å². The Labute approximate surface area is 168 Å². The Balaban J connectivity index is 1.81. The number of ether oxygens (including phenoxy) is 5. The molecule has 2 aromatic carbocycles. The highest BCUT2D eigenvalue weighted by Gasteiger charge is 2.38. The van der Waals surface area contributed by atoms with Crippen LogP contribution in [0.15, 0.2) is 48.0 Å². The Morgan fingerprint density at radius 1 is 0.897 bits per heavy atom. The standard InChI is InChI=1S/C22H22O7/c1-22(2)28-20(23)18(21(24)29-22)12-14-5-10-19(26-4)15(11-14)13-27-17-8-6-16(25-3)7-9-17/h5-12H,13H2,1-4H3. The molecule has 29 heavy (non-hydrogen) atoms. The van der Waals surface area contributed by atoms with E-state index in [1.165, 1.54) is 19.9 Å². The number of methoxy groups -OCH3 is 2. The maximum atomic E-state index is 12.1. The fourth-order valence-electron chi connectivity index (χ4n) is 2.78. The van der Waals surface area contributed by atoms with E-state index in [4.69, 9.17) is 23.7 Å². The molecule has 1 saturated heterocycles. The third kappa shape index (κ3) is 4.87. The van der Waals surface area contributed by atoms with Gasteiger partial charge in [-0.2, -0.15) is 0 Å². The van der Waals surface area contributed by atoms with Gasteiger partial charge in [-0.25, -0.2) is 9.59 Å². The summed E-state index contributed by atoms with van der Waals surface area (Å²) in [5.41, 5.74) is 1.19. The van der Waals surface area contributed by atoms with Crippen LogP contribution < -0.4 is 14.2 Å². The normalized spacial score (nSPS) is 15.2. The lowest BCUT2D eigenvalue weighted by Gasteiger charge is -2.29. The first-order chi connectivity index (χ1) is 13.8. The van der Waals surface area contributed by atoms with E-state index in [-0.39, 0.29) is 12.2 Å². The SMILES string of the molecule is COc1ccc(OCc2cc(C=C3C(=O)OC(C)(C)OC3=O)ccc2OC)cc1. The second kappa shape index (κ2) is 8.26. The van der Waals surface area contributed by atoms with Gasteiger partial charge in [0.15, 0.2) is 0 Å². The van der Waals surface area contributed by atoms with Crippen LogP contribution in [0.1, 0.15) is 25.0 Å². The first kappa shape index (κ1) is 20.3. The van der Waals surface area contributed by atoms with Crippen LogP contribution in [-0.4, -0.2) is 31.9 Å².